The molecule has 1 amide bonds. The largest absolute Gasteiger partial charge is 0.481 e. The summed E-state index contributed by atoms with van der Waals surface area (Å²) in [6.45, 7) is 0.723. The summed E-state index contributed by atoms with van der Waals surface area (Å²) in [4.78, 5) is 23.6. The molecular formula is C17H21NO4S2. The number of carbonyl (C=O) groups is 2. The maximum absolute atomic E-state index is 12.5. The summed E-state index contributed by atoms with van der Waals surface area (Å²) in [6, 6.07) is 7.65. The van der Waals surface area contributed by atoms with Gasteiger partial charge in [-0.05, 0) is 42.0 Å². The van der Waals surface area contributed by atoms with Crippen LogP contribution in [0.5, 0.6) is 0 Å². The summed E-state index contributed by atoms with van der Waals surface area (Å²) in [5.74, 6) is 1.19. The molecular weight excluding hydrogens is 346 g/mol. The molecule has 24 heavy (non-hydrogen) atoms. The summed E-state index contributed by atoms with van der Waals surface area (Å²) in [5, 5.41) is 12.0. The van der Waals surface area contributed by atoms with E-state index in [2.05, 4.69) is 5.32 Å². The Kier molecular flexibility index (Phi) is 5.73. The number of benzene rings is 1. The highest BCUT2D eigenvalue weighted by Crippen LogP contribution is 2.43. The molecule has 2 fully saturated rings. The summed E-state index contributed by atoms with van der Waals surface area (Å²) in [5.41, 5.74) is 0.989. The van der Waals surface area contributed by atoms with Crippen LogP contribution in [-0.2, 0) is 9.53 Å². The van der Waals surface area contributed by atoms with Crippen molar-refractivity contribution in [3.8, 4) is 0 Å². The van der Waals surface area contributed by atoms with Gasteiger partial charge in [-0.3, -0.25) is 9.59 Å². The van der Waals surface area contributed by atoms with E-state index in [0.717, 1.165) is 0 Å². The minimum Gasteiger partial charge on any atom is -0.481 e. The zero-order chi connectivity index (χ0) is 17.0. The molecule has 2 aliphatic rings. The molecule has 2 N–H and O–H groups in total. The van der Waals surface area contributed by atoms with E-state index in [-0.39, 0.29) is 18.9 Å². The summed E-state index contributed by atoms with van der Waals surface area (Å²) in [6.07, 6.45) is 1.66. The highest BCUT2D eigenvalue weighted by atomic mass is 32.2. The van der Waals surface area contributed by atoms with Crippen LogP contribution in [0.2, 0.25) is 0 Å². The molecule has 3 rings (SSSR count). The lowest BCUT2D eigenvalue weighted by Crippen LogP contribution is -2.50. The van der Waals surface area contributed by atoms with Gasteiger partial charge in [-0.2, -0.15) is 0 Å². The second-order valence-corrected chi connectivity index (χ2v) is 8.88. The lowest BCUT2D eigenvalue weighted by molar-refractivity contribution is -0.138. The monoisotopic (exact) mass is 367 g/mol. The summed E-state index contributed by atoms with van der Waals surface area (Å²) >= 11 is 3.89. The van der Waals surface area contributed by atoms with E-state index in [9.17, 15) is 9.59 Å². The van der Waals surface area contributed by atoms with Gasteiger partial charge in [0, 0.05) is 12.2 Å². The van der Waals surface area contributed by atoms with E-state index in [0.29, 0.717) is 23.2 Å². The first kappa shape index (κ1) is 17.6. The number of aliphatic carboxylic acids is 1. The van der Waals surface area contributed by atoms with Crippen molar-refractivity contribution in [3.63, 3.8) is 0 Å². The lowest BCUT2D eigenvalue weighted by atomic mass is 9.93. The van der Waals surface area contributed by atoms with Crippen molar-refractivity contribution in [2.24, 2.45) is 0 Å². The van der Waals surface area contributed by atoms with Crippen LogP contribution < -0.4 is 5.32 Å². The molecule has 1 aromatic rings. The Balaban J connectivity index is 1.67. The molecule has 0 aliphatic carbocycles. The van der Waals surface area contributed by atoms with Gasteiger partial charge in [-0.15, -0.1) is 23.5 Å². The maximum atomic E-state index is 12.5. The van der Waals surface area contributed by atoms with Crippen molar-refractivity contribution in [1.29, 1.82) is 0 Å². The zero-order valence-corrected chi connectivity index (χ0v) is 15.0. The standard InChI is InChI=1S/C17H21NO4S2/c19-14(20)10-17(6-7-22-11-17)18-15(21)12-2-4-13(5-3-12)16-23-8-1-9-24-16/h2-5,16H,1,6-11H2,(H,18,21)(H,19,20). The fourth-order valence-corrected chi connectivity index (χ4v) is 5.86. The SMILES string of the molecule is O=C(O)CC1(NC(=O)c2ccc(C3SCCCS3)cc2)CCOC1. The van der Waals surface area contributed by atoms with Crippen LogP contribution in [0.25, 0.3) is 0 Å². The van der Waals surface area contributed by atoms with Gasteiger partial charge in [0.1, 0.15) is 0 Å². The Morgan fingerprint density at radius 3 is 2.54 bits per heavy atom. The molecule has 5 nitrogen and oxygen atoms in total. The minimum atomic E-state index is -0.928. The van der Waals surface area contributed by atoms with Gasteiger partial charge in [0.05, 0.1) is 23.1 Å². The van der Waals surface area contributed by atoms with Crippen molar-refractivity contribution >= 4 is 35.4 Å². The molecule has 1 aromatic carbocycles. The number of carboxylic acids is 1. The van der Waals surface area contributed by atoms with Crippen LogP contribution in [0.4, 0.5) is 0 Å². The first-order chi connectivity index (χ1) is 11.6. The first-order valence-electron chi connectivity index (χ1n) is 8.03. The Hall–Kier alpha value is -1.18. The predicted octanol–water partition coefficient (Wildman–Crippen LogP) is 2.92. The van der Waals surface area contributed by atoms with E-state index >= 15 is 0 Å². The van der Waals surface area contributed by atoms with Crippen LogP contribution in [0.1, 0.15) is 39.8 Å². The van der Waals surface area contributed by atoms with Crippen LogP contribution in [0.15, 0.2) is 24.3 Å². The number of hydrogen-bond donors (Lipinski definition) is 2. The van der Waals surface area contributed by atoms with Crippen LogP contribution in [-0.4, -0.2) is 47.2 Å². The molecule has 1 unspecified atom stereocenters. The lowest BCUT2D eigenvalue weighted by Gasteiger charge is -2.27. The van der Waals surface area contributed by atoms with Gasteiger partial charge in [-0.25, -0.2) is 0 Å². The fraction of sp³-hybridized carbons (Fsp3) is 0.529. The minimum absolute atomic E-state index is 0.119. The van der Waals surface area contributed by atoms with Crippen LogP contribution in [0.3, 0.4) is 0 Å². The molecule has 130 valence electrons. The molecule has 0 radical (unpaired) electrons. The summed E-state index contributed by atoms with van der Waals surface area (Å²) < 4.78 is 5.76. The zero-order valence-electron chi connectivity index (χ0n) is 13.3. The molecule has 7 heteroatoms. The average molecular weight is 367 g/mol. The highest BCUT2D eigenvalue weighted by Gasteiger charge is 2.38. The highest BCUT2D eigenvalue weighted by molar-refractivity contribution is 8.16. The Bertz CT molecular complexity index is 593. The third-order valence-corrected chi connectivity index (χ3v) is 7.26. The van der Waals surface area contributed by atoms with Gasteiger partial charge in [-0.1, -0.05) is 12.1 Å². The molecule has 2 heterocycles. The van der Waals surface area contributed by atoms with Crippen LogP contribution >= 0.6 is 23.5 Å². The first-order valence-corrected chi connectivity index (χ1v) is 10.1. The third-order valence-electron chi connectivity index (χ3n) is 4.24. The number of carbonyl (C=O) groups excluding carboxylic acids is 1. The van der Waals surface area contributed by atoms with Crippen molar-refractivity contribution in [2.45, 2.75) is 29.4 Å². The van der Waals surface area contributed by atoms with Gasteiger partial charge >= 0.3 is 5.97 Å². The third kappa shape index (κ3) is 4.26. The van der Waals surface area contributed by atoms with Gasteiger partial charge in [0.2, 0.25) is 0 Å². The fourth-order valence-electron chi connectivity index (χ4n) is 2.96. The summed E-state index contributed by atoms with van der Waals surface area (Å²) in [7, 11) is 0. The Morgan fingerprint density at radius 2 is 1.96 bits per heavy atom. The van der Waals surface area contributed by atoms with Crippen molar-refractivity contribution < 1.29 is 19.4 Å². The number of carboxylic acid groups (broad SMARTS) is 1. The molecule has 0 bridgehead atoms. The number of amides is 1. The molecule has 1 atom stereocenters. The molecule has 0 spiro atoms. The number of thioether (sulfide) groups is 2. The van der Waals surface area contributed by atoms with E-state index in [1.54, 1.807) is 0 Å². The van der Waals surface area contributed by atoms with E-state index < -0.39 is 11.5 Å². The molecule has 0 saturated carbocycles. The smallest absolute Gasteiger partial charge is 0.305 e. The van der Waals surface area contributed by atoms with E-state index in [1.807, 2.05) is 47.8 Å². The van der Waals surface area contributed by atoms with Gasteiger partial charge in [0.15, 0.2) is 0 Å². The van der Waals surface area contributed by atoms with Gasteiger partial charge < -0.3 is 15.2 Å². The van der Waals surface area contributed by atoms with Crippen molar-refractivity contribution in [1.82, 2.24) is 5.32 Å². The Labute approximate surface area is 149 Å². The predicted molar refractivity (Wildman–Crippen MR) is 96.6 cm³/mol. The second-order valence-electron chi connectivity index (χ2n) is 6.16. The molecule has 0 aromatic heterocycles. The normalized spacial score (nSPS) is 24.7. The van der Waals surface area contributed by atoms with E-state index in [4.69, 9.17) is 9.84 Å². The van der Waals surface area contributed by atoms with Gasteiger partial charge in [0.25, 0.3) is 5.91 Å². The average Bonchev–Trinajstić information content (AvgIpc) is 3.03. The number of rotatable bonds is 5. The molecule has 2 saturated heterocycles. The quantitative estimate of drug-likeness (QED) is 0.833. The Morgan fingerprint density at radius 1 is 1.25 bits per heavy atom. The maximum Gasteiger partial charge on any atom is 0.305 e. The van der Waals surface area contributed by atoms with Crippen molar-refractivity contribution in [3.05, 3.63) is 35.4 Å². The van der Waals surface area contributed by atoms with E-state index in [1.165, 1.54) is 23.5 Å². The second kappa shape index (κ2) is 7.80. The number of ether oxygens (including phenoxy) is 1. The van der Waals surface area contributed by atoms with Crippen molar-refractivity contribution in [2.75, 3.05) is 24.7 Å². The number of hydrogen-bond acceptors (Lipinski definition) is 5. The van der Waals surface area contributed by atoms with Crippen LogP contribution in [0, 0.1) is 0 Å². The topological polar surface area (TPSA) is 75.6 Å². The number of nitrogens with one attached hydrogen (secondary N) is 1. The molecule has 2 aliphatic heterocycles.